The van der Waals surface area contributed by atoms with E-state index in [0.29, 0.717) is 12.1 Å². The van der Waals surface area contributed by atoms with Crippen molar-refractivity contribution in [1.82, 2.24) is 9.80 Å². The minimum Gasteiger partial charge on any atom is -0.337 e. The molecule has 94 valence electrons. The van der Waals surface area contributed by atoms with Gasteiger partial charge in [0.15, 0.2) is 0 Å². The molecule has 0 saturated heterocycles. The second-order valence-electron chi connectivity index (χ2n) is 4.77. The Morgan fingerprint density at radius 1 is 1.25 bits per heavy atom. The Morgan fingerprint density at radius 2 is 1.81 bits per heavy atom. The summed E-state index contributed by atoms with van der Waals surface area (Å²) in [6.07, 6.45) is 4.80. The third kappa shape index (κ3) is 2.95. The summed E-state index contributed by atoms with van der Waals surface area (Å²) in [5, 5.41) is 0. The molecule has 4 heteroatoms. The highest BCUT2D eigenvalue weighted by atomic mass is 16.2. The van der Waals surface area contributed by atoms with E-state index in [1.54, 1.807) is 0 Å². The van der Waals surface area contributed by atoms with E-state index in [4.69, 9.17) is 5.73 Å². The maximum Gasteiger partial charge on any atom is 0.236 e. The highest BCUT2D eigenvalue weighted by Crippen LogP contribution is 2.25. The van der Waals surface area contributed by atoms with Crippen molar-refractivity contribution in [3.8, 4) is 0 Å². The molecule has 0 heterocycles. The Morgan fingerprint density at radius 3 is 2.25 bits per heavy atom. The fourth-order valence-electron chi connectivity index (χ4n) is 2.77. The zero-order chi connectivity index (χ0) is 12.1. The number of likely N-dealkylation sites (N-methyl/N-ethyl adjacent to an activating group) is 2. The molecule has 2 N–H and O–H groups in total. The van der Waals surface area contributed by atoms with Gasteiger partial charge in [0.2, 0.25) is 5.91 Å². The molecule has 4 nitrogen and oxygen atoms in total. The van der Waals surface area contributed by atoms with Crippen LogP contribution in [-0.2, 0) is 4.79 Å². The van der Waals surface area contributed by atoms with Crippen LogP contribution < -0.4 is 5.73 Å². The summed E-state index contributed by atoms with van der Waals surface area (Å²) in [5.74, 6) is 0.0845. The second kappa shape index (κ2) is 6.21. The van der Waals surface area contributed by atoms with Gasteiger partial charge in [0.1, 0.15) is 0 Å². The van der Waals surface area contributed by atoms with Crippen LogP contribution in [0.1, 0.15) is 32.6 Å². The van der Waals surface area contributed by atoms with Crippen LogP contribution in [0.5, 0.6) is 0 Å². The van der Waals surface area contributed by atoms with Gasteiger partial charge in [0.25, 0.3) is 0 Å². The topological polar surface area (TPSA) is 49.6 Å². The van der Waals surface area contributed by atoms with E-state index in [1.807, 2.05) is 11.8 Å². The van der Waals surface area contributed by atoms with Crippen molar-refractivity contribution in [2.24, 2.45) is 5.73 Å². The average molecular weight is 227 g/mol. The molecular weight excluding hydrogens is 202 g/mol. The predicted molar refractivity (Wildman–Crippen MR) is 66.2 cm³/mol. The lowest BCUT2D eigenvalue weighted by molar-refractivity contribution is -0.133. The molecule has 16 heavy (non-hydrogen) atoms. The molecule has 0 aliphatic heterocycles. The predicted octanol–water partition coefficient (Wildman–Crippen LogP) is 0.666. The lowest BCUT2D eigenvalue weighted by Crippen LogP contribution is -2.54. The number of nitrogens with two attached hydrogens (primary N) is 1. The first-order chi connectivity index (χ1) is 7.61. The second-order valence-corrected chi connectivity index (χ2v) is 4.77. The maximum atomic E-state index is 11.8. The molecule has 1 fully saturated rings. The van der Waals surface area contributed by atoms with Crippen molar-refractivity contribution in [1.29, 1.82) is 0 Å². The van der Waals surface area contributed by atoms with Crippen molar-refractivity contribution < 1.29 is 4.79 Å². The number of hydrogen-bond donors (Lipinski definition) is 1. The largest absolute Gasteiger partial charge is 0.337 e. The van der Waals surface area contributed by atoms with Gasteiger partial charge in [-0.2, -0.15) is 0 Å². The molecule has 1 saturated carbocycles. The minimum absolute atomic E-state index is 0.0845. The van der Waals surface area contributed by atoms with Crippen molar-refractivity contribution in [3.05, 3.63) is 0 Å². The van der Waals surface area contributed by atoms with E-state index in [1.165, 1.54) is 19.3 Å². The smallest absolute Gasteiger partial charge is 0.236 e. The Labute approximate surface area is 98.8 Å². The molecule has 0 unspecified atom stereocenters. The standard InChI is InChI=1S/C12H25N3O/c1-4-15(12(16)9-13)11-8-6-5-7-10(11)14(2)3/h10-11H,4-9,13H2,1-3H3/t10-,11+/m0/s1. The van der Waals surface area contributed by atoms with Crippen molar-refractivity contribution in [2.75, 3.05) is 27.2 Å². The third-order valence-electron chi connectivity index (χ3n) is 3.59. The lowest BCUT2D eigenvalue weighted by atomic mass is 9.88. The first kappa shape index (κ1) is 13.5. The molecule has 1 rings (SSSR count). The summed E-state index contributed by atoms with van der Waals surface area (Å²) in [6, 6.07) is 0.842. The van der Waals surface area contributed by atoms with Crippen LogP contribution in [0.2, 0.25) is 0 Å². The number of hydrogen-bond acceptors (Lipinski definition) is 3. The molecule has 0 aromatic carbocycles. The fourth-order valence-corrected chi connectivity index (χ4v) is 2.77. The summed E-state index contributed by atoms with van der Waals surface area (Å²) < 4.78 is 0. The van der Waals surface area contributed by atoms with E-state index in [0.717, 1.165) is 13.0 Å². The summed E-state index contributed by atoms with van der Waals surface area (Å²) in [5.41, 5.74) is 5.47. The van der Waals surface area contributed by atoms with Crippen LogP contribution in [0, 0.1) is 0 Å². The molecule has 0 spiro atoms. The van der Waals surface area contributed by atoms with E-state index in [-0.39, 0.29) is 12.5 Å². The molecule has 0 aromatic heterocycles. The lowest BCUT2D eigenvalue weighted by Gasteiger charge is -2.42. The molecule has 0 bridgehead atoms. The maximum absolute atomic E-state index is 11.8. The van der Waals surface area contributed by atoms with Gasteiger partial charge in [-0.05, 0) is 33.9 Å². The molecule has 0 aromatic rings. The number of carbonyl (C=O) groups is 1. The fraction of sp³-hybridized carbons (Fsp3) is 0.917. The average Bonchev–Trinajstić information content (AvgIpc) is 2.30. The van der Waals surface area contributed by atoms with Gasteiger partial charge in [-0.15, -0.1) is 0 Å². The van der Waals surface area contributed by atoms with Gasteiger partial charge in [0.05, 0.1) is 6.54 Å². The van der Waals surface area contributed by atoms with Crippen LogP contribution in [0.4, 0.5) is 0 Å². The Balaban J connectivity index is 2.75. The van der Waals surface area contributed by atoms with Gasteiger partial charge in [-0.25, -0.2) is 0 Å². The van der Waals surface area contributed by atoms with Crippen molar-refractivity contribution >= 4 is 5.91 Å². The Hall–Kier alpha value is -0.610. The monoisotopic (exact) mass is 227 g/mol. The van der Waals surface area contributed by atoms with Crippen LogP contribution in [-0.4, -0.2) is 55.0 Å². The van der Waals surface area contributed by atoms with Crippen LogP contribution in [0.3, 0.4) is 0 Å². The molecule has 1 amide bonds. The normalized spacial score (nSPS) is 25.8. The Bertz CT molecular complexity index is 230. The SMILES string of the molecule is CCN(C(=O)CN)[C@@H]1CCCC[C@@H]1N(C)C. The van der Waals surface area contributed by atoms with Crippen LogP contribution in [0.25, 0.3) is 0 Å². The first-order valence-electron chi connectivity index (χ1n) is 6.27. The van der Waals surface area contributed by atoms with Gasteiger partial charge in [-0.3, -0.25) is 4.79 Å². The minimum atomic E-state index is 0.0845. The zero-order valence-electron chi connectivity index (χ0n) is 10.8. The quantitative estimate of drug-likeness (QED) is 0.768. The van der Waals surface area contributed by atoms with Crippen LogP contribution >= 0.6 is 0 Å². The third-order valence-corrected chi connectivity index (χ3v) is 3.59. The first-order valence-corrected chi connectivity index (χ1v) is 6.27. The zero-order valence-corrected chi connectivity index (χ0v) is 10.8. The Kier molecular flexibility index (Phi) is 5.22. The molecule has 0 radical (unpaired) electrons. The summed E-state index contributed by atoms with van der Waals surface area (Å²) in [7, 11) is 4.20. The number of nitrogens with zero attached hydrogens (tertiary/aromatic N) is 2. The van der Waals surface area contributed by atoms with Crippen molar-refractivity contribution in [3.63, 3.8) is 0 Å². The summed E-state index contributed by atoms with van der Waals surface area (Å²) >= 11 is 0. The van der Waals surface area contributed by atoms with E-state index >= 15 is 0 Å². The van der Waals surface area contributed by atoms with Gasteiger partial charge < -0.3 is 15.5 Å². The van der Waals surface area contributed by atoms with E-state index < -0.39 is 0 Å². The summed E-state index contributed by atoms with van der Waals surface area (Å²) in [4.78, 5) is 16.0. The molecule has 2 atom stereocenters. The van der Waals surface area contributed by atoms with Crippen molar-refractivity contribution in [2.45, 2.75) is 44.7 Å². The summed E-state index contributed by atoms with van der Waals surface area (Å²) in [6.45, 7) is 2.93. The number of carbonyl (C=O) groups excluding carboxylic acids is 1. The highest BCUT2D eigenvalue weighted by Gasteiger charge is 2.32. The van der Waals surface area contributed by atoms with Gasteiger partial charge >= 0.3 is 0 Å². The molecular formula is C12H25N3O. The highest BCUT2D eigenvalue weighted by molar-refractivity contribution is 5.78. The number of rotatable bonds is 4. The molecule has 1 aliphatic rings. The van der Waals surface area contributed by atoms with Gasteiger partial charge in [-0.1, -0.05) is 12.8 Å². The number of amides is 1. The van der Waals surface area contributed by atoms with Crippen LogP contribution in [0.15, 0.2) is 0 Å². The van der Waals surface area contributed by atoms with E-state index in [9.17, 15) is 4.79 Å². The molecule has 1 aliphatic carbocycles. The van der Waals surface area contributed by atoms with E-state index in [2.05, 4.69) is 19.0 Å². The van der Waals surface area contributed by atoms with Gasteiger partial charge in [0, 0.05) is 18.6 Å².